The molecule has 0 aromatic carbocycles. The fourth-order valence-corrected chi connectivity index (χ4v) is 3.36. The first kappa shape index (κ1) is 13.5. The highest BCUT2D eigenvalue weighted by atomic mass is 35.5. The van der Waals surface area contributed by atoms with Crippen LogP contribution in [-0.4, -0.2) is 25.4 Å². The summed E-state index contributed by atoms with van der Waals surface area (Å²) in [6.45, 7) is 4.22. The number of alkyl halides is 1. The first-order valence-corrected chi connectivity index (χ1v) is 7.85. The van der Waals surface area contributed by atoms with Gasteiger partial charge in [-0.25, -0.2) is 9.97 Å². The molecule has 4 nitrogen and oxygen atoms in total. The lowest BCUT2D eigenvalue weighted by molar-refractivity contribution is 0.620. The molecule has 0 amide bonds. The van der Waals surface area contributed by atoms with Crippen LogP contribution in [0.2, 0.25) is 0 Å². The minimum absolute atomic E-state index is 0.152. The molecule has 0 aliphatic rings. The maximum Gasteiger partial charge on any atom is 0.115 e. The predicted molar refractivity (Wildman–Crippen MR) is 82.6 cm³/mol. The average molecular weight is 307 g/mol. The number of pyridine rings is 1. The molecular weight excluding hydrogens is 292 g/mol. The van der Waals surface area contributed by atoms with E-state index in [4.69, 9.17) is 11.6 Å². The standard InChI is InChI=1S/C14H15ClN4S/c1-9-7-17-14(20-9)10(2)19-12-4-6-16-8-11(12)18-13(19)3-5-15/h4,6-8,10H,3,5H2,1-2H3. The Hall–Kier alpha value is -1.46. The smallest absolute Gasteiger partial charge is 0.115 e. The van der Waals surface area contributed by atoms with Crippen LogP contribution in [0, 0.1) is 6.92 Å². The van der Waals surface area contributed by atoms with E-state index >= 15 is 0 Å². The second kappa shape index (κ2) is 5.50. The van der Waals surface area contributed by atoms with Crippen LogP contribution in [-0.2, 0) is 6.42 Å². The molecular formula is C14H15ClN4S. The summed E-state index contributed by atoms with van der Waals surface area (Å²) < 4.78 is 2.22. The third kappa shape index (κ3) is 2.31. The molecule has 3 aromatic heterocycles. The van der Waals surface area contributed by atoms with Crippen molar-refractivity contribution < 1.29 is 0 Å². The van der Waals surface area contributed by atoms with E-state index in [0.717, 1.165) is 28.3 Å². The van der Waals surface area contributed by atoms with Gasteiger partial charge in [-0.3, -0.25) is 4.98 Å². The van der Waals surface area contributed by atoms with Crippen molar-refractivity contribution in [2.75, 3.05) is 5.88 Å². The summed E-state index contributed by atoms with van der Waals surface area (Å²) in [5.74, 6) is 1.55. The normalized spacial score (nSPS) is 12.9. The van der Waals surface area contributed by atoms with E-state index in [0.29, 0.717) is 5.88 Å². The molecule has 0 fully saturated rings. The van der Waals surface area contributed by atoms with Crippen LogP contribution in [0.15, 0.2) is 24.7 Å². The second-order valence-electron chi connectivity index (χ2n) is 4.69. The number of imidazole rings is 1. The van der Waals surface area contributed by atoms with Crippen molar-refractivity contribution in [2.24, 2.45) is 0 Å². The molecule has 0 N–H and O–H groups in total. The van der Waals surface area contributed by atoms with Gasteiger partial charge in [-0.15, -0.1) is 22.9 Å². The summed E-state index contributed by atoms with van der Waals surface area (Å²) in [6, 6.07) is 2.15. The van der Waals surface area contributed by atoms with Gasteiger partial charge in [0.05, 0.1) is 17.8 Å². The van der Waals surface area contributed by atoms with Gasteiger partial charge < -0.3 is 4.57 Å². The van der Waals surface area contributed by atoms with Gasteiger partial charge in [0, 0.05) is 29.6 Å². The van der Waals surface area contributed by atoms with Gasteiger partial charge in [0.15, 0.2) is 0 Å². The zero-order valence-electron chi connectivity index (χ0n) is 11.4. The predicted octanol–water partition coefficient (Wildman–Crippen LogP) is 3.59. The Morgan fingerprint density at radius 2 is 2.25 bits per heavy atom. The lowest BCUT2D eigenvalue weighted by Crippen LogP contribution is -2.11. The lowest BCUT2D eigenvalue weighted by Gasteiger charge is -2.15. The van der Waals surface area contributed by atoms with Crippen LogP contribution in [0.25, 0.3) is 11.0 Å². The maximum atomic E-state index is 5.91. The van der Waals surface area contributed by atoms with Gasteiger partial charge in [0.25, 0.3) is 0 Å². The van der Waals surface area contributed by atoms with Gasteiger partial charge in [0.2, 0.25) is 0 Å². The van der Waals surface area contributed by atoms with E-state index < -0.39 is 0 Å². The number of rotatable bonds is 4. The molecule has 20 heavy (non-hydrogen) atoms. The van der Waals surface area contributed by atoms with Crippen LogP contribution in [0.4, 0.5) is 0 Å². The Bertz CT molecular complexity index is 734. The lowest BCUT2D eigenvalue weighted by atomic mass is 10.3. The molecule has 0 radical (unpaired) electrons. The van der Waals surface area contributed by atoms with Crippen LogP contribution >= 0.6 is 22.9 Å². The number of nitrogens with zero attached hydrogens (tertiary/aromatic N) is 4. The van der Waals surface area contributed by atoms with E-state index in [-0.39, 0.29) is 6.04 Å². The van der Waals surface area contributed by atoms with Gasteiger partial charge >= 0.3 is 0 Å². The van der Waals surface area contributed by atoms with Crippen molar-refractivity contribution in [1.29, 1.82) is 0 Å². The Morgan fingerprint density at radius 1 is 1.40 bits per heavy atom. The molecule has 0 spiro atoms. The first-order chi connectivity index (χ1) is 9.70. The Kier molecular flexibility index (Phi) is 3.72. The molecule has 3 aromatic rings. The summed E-state index contributed by atoms with van der Waals surface area (Å²) in [7, 11) is 0. The number of thiazole rings is 1. The van der Waals surface area contributed by atoms with Crippen molar-refractivity contribution in [2.45, 2.75) is 26.3 Å². The van der Waals surface area contributed by atoms with E-state index in [9.17, 15) is 0 Å². The van der Waals surface area contributed by atoms with E-state index in [1.807, 2.05) is 12.3 Å². The summed E-state index contributed by atoms with van der Waals surface area (Å²) in [5, 5.41) is 1.09. The fourth-order valence-electron chi connectivity index (χ4n) is 2.37. The SMILES string of the molecule is Cc1cnc(C(C)n2c(CCCl)nc3cnccc32)s1. The molecule has 0 saturated heterocycles. The zero-order valence-corrected chi connectivity index (χ0v) is 12.9. The van der Waals surface area contributed by atoms with E-state index in [1.165, 1.54) is 4.88 Å². The Balaban J connectivity index is 2.15. The topological polar surface area (TPSA) is 43.6 Å². The van der Waals surface area contributed by atoms with Gasteiger partial charge in [-0.2, -0.15) is 0 Å². The highest BCUT2D eigenvalue weighted by molar-refractivity contribution is 7.11. The summed E-state index contributed by atoms with van der Waals surface area (Å²) >= 11 is 7.63. The highest BCUT2D eigenvalue weighted by Gasteiger charge is 2.19. The third-order valence-corrected chi connectivity index (χ3v) is 4.54. The first-order valence-electron chi connectivity index (χ1n) is 6.50. The van der Waals surface area contributed by atoms with Crippen molar-refractivity contribution in [3.8, 4) is 0 Å². The molecule has 0 aliphatic heterocycles. The van der Waals surface area contributed by atoms with Crippen molar-refractivity contribution >= 4 is 34.0 Å². The fraction of sp³-hybridized carbons (Fsp3) is 0.357. The molecule has 3 rings (SSSR count). The van der Waals surface area contributed by atoms with Gasteiger partial charge in [-0.1, -0.05) is 0 Å². The molecule has 1 unspecified atom stereocenters. The molecule has 1 atom stereocenters. The summed E-state index contributed by atoms with van der Waals surface area (Å²) in [5.41, 5.74) is 1.99. The largest absolute Gasteiger partial charge is 0.318 e. The van der Waals surface area contributed by atoms with Crippen molar-refractivity contribution in [1.82, 2.24) is 19.5 Å². The molecule has 6 heteroatoms. The van der Waals surface area contributed by atoms with Crippen molar-refractivity contribution in [3.63, 3.8) is 0 Å². The number of aryl methyl sites for hydroxylation is 2. The van der Waals surface area contributed by atoms with Gasteiger partial charge in [-0.05, 0) is 19.9 Å². The number of aromatic nitrogens is 4. The number of halogens is 1. The highest BCUT2D eigenvalue weighted by Crippen LogP contribution is 2.28. The quantitative estimate of drug-likeness (QED) is 0.692. The van der Waals surface area contributed by atoms with E-state index in [2.05, 4.69) is 33.4 Å². The van der Waals surface area contributed by atoms with Crippen LogP contribution in [0.1, 0.15) is 28.7 Å². The number of hydrogen-bond donors (Lipinski definition) is 0. The number of hydrogen-bond acceptors (Lipinski definition) is 4. The van der Waals surface area contributed by atoms with Crippen LogP contribution in [0.5, 0.6) is 0 Å². The molecule has 3 heterocycles. The van der Waals surface area contributed by atoms with Gasteiger partial charge in [0.1, 0.15) is 16.3 Å². The Morgan fingerprint density at radius 3 is 2.95 bits per heavy atom. The molecule has 104 valence electrons. The molecule has 0 bridgehead atoms. The monoisotopic (exact) mass is 306 g/mol. The molecule has 0 saturated carbocycles. The third-order valence-electron chi connectivity index (χ3n) is 3.27. The summed E-state index contributed by atoms with van der Waals surface area (Å²) in [6.07, 6.45) is 6.25. The minimum Gasteiger partial charge on any atom is -0.318 e. The maximum absolute atomic E-state index is 5.91. The minimum atomic E-state index is 0.152. The average Bonchev–Trinajstić information content (AvgIpc) is 3.02. The van der Waals surface area contributed by atoms with Crippen LogP contribution < -0.4 is 0 Å². The second-order valence-corrected chi connectivity index (χ2v) is 6.33. The van der Waals surface area contributed by atoms with E-state index in [1.54, 1.807) is 23.7 Å². The van der Waals surface area contributed by atoms with Crippen LogP contribution in [0.3, 0.4) is 0 Å². The van der Waals surface area contributed by atoms with Crippen molar-refractivity contribution in [3.05, 3.63) is 40.4 Å². The molecule has 0 aliphatic carbocycles. The Labute approximate surface area is 126 Å². The number of fused-ring (bicyclic) bond motifs is 1. The summed E-state index contributed by atoms with van der Waals surface area (Å²) in [4.78, 5) is 14.5. The zero-order chi connectivity index (χ0) is 14.1.